The summed E-state index contributed by atoms with van der Waals surface area (Å²) in [6.07, 6.45) is -10.3. The minimum Gasteiger partial charge on any atom is -0.493 e. The van der Waals surface area contributed by atoms with Gasteiger partial charge < -0.3 is 9.84 Å². The molecule has 31 heavy (non-hydrogen) atoms. The maximum atomic E-state index is 13.2. The highest BCUT2D eigenvalue weighted by atomic mass is 19.4. The normalized spacial score (nSPS) is 12.2. The summed E-state index contributed by atoms with van der Waals surface area (Å²) in [5.41, 5.74) is -5.97. The van der Waals surface area contributed by atoms with Crippen LogP contribution in [0.4, 0.5) is 26.3 Å². The number of pyridine rings is 1. The third-order valence-corrected chi connectivity index (χ3v) is 4.38. The van der Waals surface area contributed by atoms with Crippen molar-refractivity contribution in [2.24, 2.45) is 0 Å². The molecule has 3 rings (SSSR count). The zero-order valence-corrected chi connectivity index (χ0v) is 15.6. The van der Waals surface area contributed by atoms with Crippen molar-refractivity contribution >= 4 is 16.7 Å². The second kappa shape index (κ2) is 7.64. The monoisotopic (exact) mass is 445 g/mol. The smallest absolute Gasteiger partial charge is 0.416 e. The number of alkyl halides is 6. The van der Waals surface area contributed by atoms with E-state index in [2.05, 4.69) is 0 Å². The molecule has 0 aliphatic rings. The lowest BCUT2D eigenvalue weighted by molar-refractivity contribution is -0.143. The molecule has 1 N–H and O–H groups in total. The van der Waals surface area contributed by atoms with Gasteiger partial charge in [0, 0.05) is 10.8 Å². The minimum atomic E-state index is -5.17. The zero-order chi connectivity index (χ0) is 23.1. The number of aromatic nitrogens is 1. The summed E-state index contributed by atoms with van der Waals surface area (Å²) in [5, 5.41) is 10.3. The van der Waals surface area contributed by atoms with E-state index in [1.54, 1.807) is 0 Å². The number of hydrogen-bond acceptors (Lipinski definition) is 4. The molecule has 164 valence electrons. The predicted octanol–water partition coefficient (Wildman–Crippen LogP) is 4.91. The molecule has 0 aliphatic heterocycles. The Morgan fingerprint density at radius 2 is 1.48 bits per heavy atom. The summed E-state index contributed by atoms with van der Waals surface area (Å²) in [6.45, 7) is 1.32. The van der Waals surface area contributed by atoms with E-state index >= 15 is 0 Å². The van der Waals surface area contributed by atoms with Gasteiger partial charge in [0.2, 0.25) is 5.88 Å². The van der Waals surface area contributed by atoms with E-state index in [1.807, 2.05) is 0 Å². The largest absolute Gasteiger partial charge is 0.493 e. The molecule has 11 heteroatoms. The van der Waals surface area contributed by atoms with Crippen molar-refractivity contribution in [2.75, 3.05) is 6.61 Å². The van der Waals surface area contributed by atoms with E-state index < -0.39 is 52.1 Å². The highest BCUT2D eigenvalue weighted by Gasteiger charge is 2.37. The maximum Gasteiger partial charge on any atom is 0.416 e. The molecule has 5 nitrogen and oxygen atoms in total. The molecule has 3 aromatic rings. The van der Waals surface area contributed by atoms with Crippen LogP contribution in [0.3, 0.4) is 0 Å². The van der Waals surface area contributed by atoms with Gasteiger partial charge in [-0.2, -0.15) is 26.3 Å². The van der Waals surface area contributed by atoms with Crippen molar-refractivity contribution in [1.29, 1.82) is 0 Å². The number of benzene rings is 2. The molecule has 0 bridgehead atoms. The Morgan fingerprint density at radius 3 is 1.97 bits per heavy atom. The van der Waals surface area contributed by atoms with Gasteiger partial charge in [-0.15, -0.1) is 0 Å². The first-order valence-electron chi connectivity index (χ1n) is 8.70. The number of rotatable bonds is 3. The van der Waals surface area contributed by atoms with Crippen LogP contribution in [0.5, 0.6) is 5.88 Å². The van der Waals surface area contributed by atoms with Gasteiger partial charge in [-0.1, -0.05) is 18.2 Å². The maximum absolute atomic E-state index is 13.2. The fourth-order valence-electron chi connectivity index (χ4n) is 3.05. The molecule has 0 radical (unpaired) electrons. The van der Waals surface area contributed by atoms with Crippen LogP contribution in [0, 0.1) is 0 Å². The Bertz CT molecular complexity index is 1200. The molecule has 1 aromatic heterocycles. The number of esters is 1. The Hall–Kier alpha value is -3.50. The van der Waals surface area contributed by atoms with Crippen molar-refractivity contribution in [3.05, 3.63) is 69.5 Å². The lowest BCUT2D eigenvalue weighted by Crippen LogP contribution is -2.23. The molecular formula is C20H13F6NO4. The number of aromatic hydroxyl groups is 1. The lowest BCUT2D eigenvalue weighted by Gasteiger charge is -2.18. The number of halogens is 6. The van der Waals surface area contributed by atoms with Crippen molar-refractivity contribution in [1.82, 2.24) is 4.57 Å². The number of carbonyl (C=O) groups excluding carboxylic acids is 1. The van der Waals surface area contributed by atoms with Crippen molar-refractivity contribution in [2.45, 2.75) is 19.3 Å². The van der Waals surface area contributed by atoms with Crippen LogP contribution in [0.25, 0.3) is 16.5 Å². The van der Waals surface area contributed by atoms with Crippen LogP contribution < -0.4 is 5.56 Å². The summed E-state index contributed by atoms with van der Waals surface area (Å²) in [5.74, 6) is -2.25. The van der Waals surface area contributed by atoms with Gasteiger partial charge in [-0.25, -0.2) is 9.36 Å². The number of fused-ring (bicyclic) bond motifs is 1. The molecule has 2 aromatic carbocycles. The highest BCUT2D eigenvalue weighted by Crippen LogP contribution is 2.38. The number of carbonyl (C=O) groups is 1. The van der Waals surface area contributed by atoms with Gasteiger partial charge in [-0.3, -0.25) is 4.79 Å². The predicted molar refractivity (Wildman–Crippen MR) is 97.2 cm³/mol. The summed E-state index contributed by atoms with van der Waals surface area (Å²) in [7, 11) is 0. The van der Waals surface area contributed by atoms with E-state index in [1.165, 1.54) is 31.2 Å². The van der Waals surface area contributed by atoms with E-state index in [-0.39, 0.29) is 40.1 Å². The zero-order valence-electron chi connectivity index (χ0n) is 15.6. The lowest BCUT2D eigenvalue weighted by atomic mass is 10.0. The molecule has 0 saturated heterocycles. The van der Waals surface area contributed by atoms with Crippen molar-refractivity contribution < 1.29 is 41.0 Å². The minimum absolute atomic E-state index is 0.0669. The van der Waals surface area contributed by atoms with E-state index in [0.717, 1.165) is 0 Å². The van der Waals surface area contributed by atoms with Gasteiger partial charge in [0.1, 0.15) is 5.56 Å². The van der Waals surface area contributed by atoms with Gasteiger partial charge in [0.05, 0.1) is 23.4 Å². The quantitative estimate of drug-likeness (QED) is 0.460. The van der Waals surface area contributed by atoms with Gasteiger partial charge in [-0.05, 0) is 31.2 Å². The standard InChI is InChI=1S/C20H13F6NO4/c1-2-31-18(30)15-13-5-3-4-6-14(13)16(28)27(17(15)29)12-8-10(19(21,22)23)7-11(9-12)20(24,25)26/h3-9,29H,2H2,1H3. The summed E-state index contributed by atoms with van der Waals surface area (Å²) < 4.78 is 84.4. The van der Waals surface area contributed by atoms with Gasteiger partial charge in [0.15, 0.2) is 0 Å². The summed E-state index contributed by atoms with van der Waals surface area (Å²) in [4.78, 5) is 25.3. The van der Waals surface area contributed by atoms with Crippen LogP contribution in [0.2, 0.25) is 0 Å². The van der Waals surface area contributed by atoms with Gasteiger partial charge in [0.25, 0.3) is 5.56 Å². The van der Waals surface area contributed by atoms with E-state index in [4.69, 9.17) is 4.74 Å². The first-order chi connectivity index (χ1) is 14.4. The van der Waals surface area contributed by atoms with Crippen molar-refractivity contribution in [3.8, 4) is 11.6 Å². The molecule has 0 aliphatic carbocycles. The third kappa shape index (κ3) is 4.07. The number of nitrogens with zero attached hydrogens (tertiary/aromatic N) is 1. The van der Waals surface area contributed by atoms with Crippen LogP contribution >= 0.6 is 0 Å². The summed E-state index contributed by atoms with van der Waals surface area (Å²) in [6, 6.07) is 5.77. The molecular weight excluding hydrogens is 432 g/mol. The topological polar surface area (TPSA) is 68.5 Å². The molecule has 0 amide bonds. The van der Waals surface area contributed by atoms with Crippen molar-refractivity contribution in [3.63, 3.8) is 0 Å². The fourth-order valence-corrected chi connectivity index (χ4v) is 3.05. The van der Waals surface area contributed by atoms with Crippen LogP contribution in [0.1, 0.15) is 28.4 Å². The van der Waals surface area contributed by atoms with E-state index in [9.17, 15) is 41.0 Å². The molecule has 0 saturated carbocycles. The molecule has 0 spiro atoms. The molecule has 0 unspecified atom stereocenters. The second-order valence-corrected chi connectivity index (χ2v) is 6.37. The average Bonchev–Trinajstić information content (AvgIpc) is 2.67. The SMILES string of the molecule is CCOC(=O)c1c(O)n(-c2cc(C(F)(F)F)cc(C(F)(F)F)c2)c(=O)c2ccccc12. The number of ether oxygens (including phenoxy) is 1. The van der Waals surface area contributed by atoms with Gasteiger partial charge >= 0.3 is 18.3 Å². The Morgan fingerprint density at radius 1 is 0.968 bits per heavy atom. The van der Waals surface area contributed by atoms with Crippen LogP contribution in [0.15, 0.2) is 47.3 Å². The Kier molecular flexibility index (Phi) is 5.47. The van der Waals surface area contributed by atoms with Crippen LogP contribution in [-0.4, -0.2) is 22.2 Å². The summed E-state index contributed by atoms with van der Waals surface area (Å²) >= 11 is 0. The molecule has 1 heterocycles. The molecule has 0 fully saturated rings. The number of hydrogen-bond donors (Lipinski definition) is 1. The first kappa shape index (κ1) is 22.2. The van der Waals surface area contributed by atoms with Crippen LogP contribution in [-0.2, 0) is 17.1 Å². The molecule has 0 atom stereocenters. The fraction of sp³-hybridized carbons (Fsp3) is 0.200. The third-order valence-electron chi connectivity index (χ3n) is 4.38. The van der Waals surface area contributed by atoms with E-state index in [0.29, 0.717) is 0 Å². The highest BCUT2D eigenvalue weighted by molar-refractivity contribution is 6.06. The first-order valence-corrected chi connectivity index (χ1v) is 8.70. The average molecular weight is 445 g/mol. The second-order valence-electron chi connectivity index (χ2n) is 6.37. The Labute approximate surface area is 170 Å². The Balaban J connectivity index is 2.46.